The van der Waals surface area contributed by atoms with E-state index in [1.165, 1.54) is 41.2 Å². The Morgan fingerprint density at radius 3 is 2.66 bits per heavy atom. The number of piperidine rings is 2. The Bertz CT molecular complexity index is 886. The minimum atomic E-state index is 0.572. The summed E-state index contributed by atoms with van der Waals surface area (Å²) >= 11 is 1.83. The fraction of sp³-hybridized carbons (Fsp3) is 0.478. The van der Waals surface area contributed by atoms with Gasteiger partial charge in [-0.1, -0.05) is 29.5 Å². The van der Waals surface area contributed by atoms with E-state index in [9.17, 15) is 0 Å². The third-order valence-electron chi connectivity index (χ3n) is 6.15. The zero-order valence-electron chi connectivity index (χ0n) is 16.8. The molecule has 29 heavy (non-hydrogen) atoms. The van der Waals surface area contributed by atoms with Gasteiger partial charge in [0.05, 0.1) is 15.9 Å². The molecule has 1 aromatic carbocycles. The van der Waals surface area contributed by atoms with Crippen molar-refractivity contribution < 1.29 is 0 Å². The van der Waals surface area contributed by atoms with Crippen molar-refractivity contribution in [1.29, 1.82) is 0 Å². The van der Waals surface area contributed by atoms with Crippen LogP contribution in [0.2, 0.25) is 0 Å². The van der Waals surface area contributed by atoms with E-state index >= 15 is 0 Å². The predicted octanol–water partition coefficient (Wildman–Crippen LogP) is 3.91. The van der Waals surface area contributed by atoms with E-state index in [2.05, 4.69) is 56.5 Å². The van der Waals surface area contributed by atoms with E-state index in [0.717, 1.165) is 38.2 Å². The predicted molar refractivity (Wildman–Crippen MR) is 121 cm³/mol. The van der Waals surface area contributed by atoms with E-state index in [0.29, 0.717) is 12.1 Å². The van der Waals surface area contributed by atoms with Gasteiger partial charge in [0.15, 0.2) is 5.13 Å². The van der Waals surface area contributed by atoms with E-state index in [-0.39, 0.29) is 0 Å². The molecule has 2 aliphatic heterocycles. The highest BCUT2D eigenvalue weighted by Gasteiger charge is 2.26. The highest BCUT2D eigenvalue weighted by atomic mass is 32.1. The van der Waals surface area contributed by atoms with Crippen LogP contribution in [0.15, 0.2) is 48.7 Å². The van der Waals surface area contributed by atoms with Gasteiger partial charge in [0.2, 0.25) is 0 Å². The number of para-hydroxylation sites is 1. The van der Waals surface area contributed by atoms with Crippen LogP contribution in [-0.2, 0) is 6.54 Å². The second-order valence-electron chi connectivity index (χ2n) is 8.29. The van der Waals surface area contributed by atoms with Gasteiger partial charge in [0.25, 0.3) is 0 Å². The molecule has 0 saturated carbocycles. The molecule has 0 spiro atoms. The zero-order chi connectivity index (χ0) is 19.5. The SMILES string of the molecule is c1ccc(CN2CCC(NC3CCCN(c4nc5ccccc5s4)C3)CC2)nc1. The lowest BCUT2D eigenvalue weighted by atomic mass is 10.00. The average molecular weight is 408 g/mol. The van der Waals surface area contributed by atoms with Gasteiger partial charge in [-0.3, -0.25) is 9.88 Å². The molecule has 4 heterocycles. The fourth-order valence-electron chi connectivity index (χ4n) is 4.59. The van der Waals surface area contributed by atoms with Crippen molar-refractivity contribution >= 4 is 26.7 Å². The molecule has 5 rings (SSSR count). The maximum Gasteiger partial charge on any atom is 0.186 e. The Hall–Kier alpha value is -2.02. The molecule has 5 nitrogen and oxygen atoms in total. The Kier molecular flexibility index (Phi) is 5.74. The number of anilines is 1. The van der Waals surface area contributed by atoms with Crippen LogP contribution in [0.4, 0.5) is 5.13 Å². The van der Waals surface area contributed by atoms with Crippen molar-refractivity contribution in [1.82, 2.24) is 20.2 Å². The molecule has 2 aliphatic rings. The van der Waals surface area contributed by atoms with Crippen molar-refractivity contribution in [2.24, 2.45) is 0 Å². The number of rotatable bonds is 5. The molecule has 0 aliphatic carbocycles. The molecule has 2 aromatic heterocycles. The number of benzene rings is 1. The minimum Gasteiger partial charge on any atom is -0.347 e. The highest BCUT2D eigenvalue weighted by Crippen LogP contribution is 2.30. The number of thiazole rings is 1. The zero-order valence-corrected chi connectivity index (χ0v) is 17.7. The normalized spacial score (nSPS) is 21.7. The molecule has 3 aromatic rings. The summed E-state index contributed by atoms with van der Waals surface area (Å²) in [5.41, 5.74) is 2.31. The number of aromatic nitrogens is 2. The first-order valence-electron chi connectivity index (χ1n) is 10.8. The molecular weight excluding hydrogens is 378 g/mol. The Morgan fingerprint density at radius 2 is 1.83 bits per heavy atom. The first-order valence-corrected chi connectivity index (χ1v) is 11.6. The topological polar surface area (TPSA) is 44.3 Å². The summed E-state index contributed by atoms with van der Waals surface area (Å²) in [5, 5.41) is 5.15. The summed E-state index contributed by atoms with van der Waals surface area (Å²) in [6.07, 6.45) is 6.86. The fourth-order valence-corrected chi connectivity index (χ4v) is 5.59. The molecule has 1 N–H and O–H groups in total. The Labute approximate surface area is 176 Å². The molecular formula is C23H29N5S. The molecule has 6 heteroatoms. The van der Waals surface area contributed by atoms with Crippen molar-refractivity contribution in [3.63, 3.8) is 0 Å². The monoisotopic (exact) mass is 407 g/mol. The van der Waals surface area contributed by atoms with E-state index in [1.807, 2.05) is 23.6 Å². The summed E-state index contributed by atoms with van der Waals surface area (Å²) < 4.78 is 1.29. The number of nitrogens with one attached hydrogen (secondary N) is 1. The van der Waals surface area contributed by atoms with E-state index < -0.39 is 0 Å². The lowest BCUT2D eigenvalue weighted by Crippen LogP contribution is -2.52. The van der Waals surface area contributed by atoms with Gasteiger partial charge in [-0.2, -0.15) is 0 Å². The van der Waals surface area contributed by atoms with Crippen molar-refractivity contribution in [3.05, 3.63) is 54.4 Å². The molecule has 0 radical (unpaired) electrons. The number of hydrogen-bond donors (Lipinski definition) is 1. The van der Waals surface area contributed by atoms with Crippen LogP contribution in [0.3, 0.4) is 0 Å². The molecule has 1 unspecified atom stereocenters. The number of likely N-dealkylation sites (tertiary alicyclic amines) is 1. The van der Waals surface area contributed by atoms with Crippen LogP contribution >= 0.6 is 11.3 Å². The van der Waals surface area contributed by atoms with E-state index in [1.54, 1.807) is 0 Å². The Balaban J connectivity index is 1.13. The quantitative estimate of drug-likeness (QED) is 0.695. The summed E-state index contributed by atoms with van der Waals surface area (Å²) in [6, 6.07) is 15.9. The maximum absolute atomic E-state index is 4.87. The van der Waals surface area contributed by atoms with Crippen molar-refractivity contribution in [2.75, 3.05) is 31.1 Å². The molecule has 2 saturated heterocycles. The van der Waals surface area contributed by atoms with Gasteiger partial charge in [-0.05, 0) is 49.9 Å². The van der Waals surface area contributed by atoms with Crippen LogP contribution in [0, 0.1) is 0 Å². The van der Waals surface area contributed by atoms with Crippen molar-refractivity contribution in [3.8, 4) is 0 Å². The van der Waals surface area contributed by atoms with Gasteiger partial charge in [0.1, 0.15) is 0 Å². The maximum atomic E-state index is 4.87. The van der Waals surface area contributed by atoms with Gasteiger partial charge >= 0.3 is 0 Å². The summed E-state index contributed by atoms with van der Waals surface area (Å²) in [5.74, 6) is 0. The molecule has 152 valence electrons. The van der Waals surface area contributed by atoms with E-state index in [4.69, 9.17) is 4.98 Å². The van der Waals surface area contributed by atoms with Gasteiger partial charge in [-0.25, -0.2) is 4.98 Å². The highest BCUT2D eigenvalue weighted by molar-refractivity contribution is 7.22. The molecule has 1 atom stereocenters. The molecule has 0 amide bonds. The van der Waals surface area contributed by atoms with Crippen LogP contribution in [0.5, 0.6) is 0 Å². The second kappa shape index (κ2) is 8.78. The minimum absolute atomic E-state index is 0.572. The summed E-state index contributed by atoms with van der Waals surface area (Å²) in [7, 11) is 0. The third kappa shape index (κ3) is 4.60. The number of fused-ring (bicyclic) bond motifs is 1. The van der Waals surface area contributed by atoms with Crippen LogP contribution in [0.25, 0.3) is 10.2 Å². The van der Waals surface area contributed by atoms with Crippen molar-refractivity contribution in [2.45, 2.75) is 44.3 Å². The average Bonchev–Trinajstić information content (AvgIpc) is 3.21. The second-order valence-corrected chi connectivity index (χ2v) is 9.30. The van der Waals surface area contributed by atoms with Crippen LogP contribution < -0.4 is 10.2 Å². The molecule has 0 bridgehead atoms. The van der Waals surface area contributed by atoms with Gasteiger partial charge in [0, 0.05) is 51.0 Å². The lowest BCUT2D eigenvalue weighted by Gasteiger charge is -2.38. The number of nitrogens with zero attached hydrogens (tertiary/aromatic N) is 4. The first-order chi connectivity index (χ1) is 14.3. The number of pyridine rings is 1. The standard InChI is InChI=1S/C23H29N5S/c1-2-9-22-21(8-1)26-23(29-22)28-13-5-7-20(17-28)25-18-10-14-27(15-11-18)16-19-6-3-4-12-24-19/h1-4,6,8-9,12,18,20,25H,5,7,10-11,13-17H2. The summed E-state index contributed by atoms with van der Waals surface area (Å²) in [4.78, 5) is 14.4. The van der Waals surface area contributed by atoms with Gasteiger partial charge < -0.3 is 10.2 Å². The lowest BCUT2D eigenvalue weighted by molar-refractivity contribution is 0.179. The third-order valence-corrected chi connectivity index (χ3v) is 7.24. The van der Waals surface area contributed by atoms with Gasteiger partial charge in [-0.15, -0.1) is 0 Å². The largest absolute Gasteiger partial charge is 0.347 e. The number of hydrogen-bond acceptors (Lipinski definition) is 6. The Morgan fingerprint density at radius 1 is 0.966 bits per heavy atom. The molecule has 2 fully saturated rings. The smallest absolute Gasteiger partial charge is 0.186 e. The first kappa shape index (κ1) is 19.0. The van der Waals surface area contributed by atoms with Crippen LogP contribution in [0.1, 0.15) is 31.4 Å². The summed E-state index contributed by atoms with van der Waals surface area (Å²) in [6.45, 7) is 5.49. The van der Waals surface area contributed by atoms with Crippen LogP contribution in [-0.4, -0.2) is 53.1 Å².